The quantitative estimate of drug-likeness (QED) is 0.802. The van der Waals surface area contributed by atoms with Crippen LogP contribution in [0.3, 0.4) is 0 Å². The lowest BCUT2D eigenvalue weighted by Crippen LogP contribution is -2.24. The smallest absolute Gasteiger partial charge is 0.252 e. The summed E-state index contributed by atoms with van der Waals surface area (Å²) >= 11 is 1.73. The standard InChI is InChI=1S/C13H17NOS/c1-3-6-14-13(15)11-8-16-12-7-9(2)4-5-10(11)12/h3,8-9H,1,4-7H2,2H3,(H,14,15). The maximum Gasteiger partial charge on any atom is 0.252 e. The van der Waals surface area contributed by atoms with E-state index in [1.54, 1.807) is 17.4 Å². The average Bonchev–Trinajstić information content (AvgIpc) is 2.68. The predicted octanol–water partition coefficient (Wildman–Crippen LogP) is 2.79. The molecule has 2 rings (SSSR count). The van der Waals surface area contributed by atoms with Gasteiger partial charge in [0.15, 0.2) is 0 Å². The van der Waals surface area contributed by atoms with Crippen LogP contribution in [0, 0.1) is 5.92 Å². The summed E-state index contributed by atoms with van der Waals surface area (Å²) in [5.41, 5.74) is 2.17. The molecule has 1 aromatic heterocycles. The zero-order valence-corrected chi connectivity index (χ0v) is 10.4. The van der Waals surface area contributed by atoms with E-state index in [9.17, 15) is 4.79 Å². The summed E-state index contributed by atoms with van der Waals surface area (Å²) < 4.78 is 0. The highest BCUT2D eigenvalue weighted by Crippen LogP contribution is 2.32. The summed E-state index contributed by atoms with van der Waals surface area (Å²) in [5, 5.41) is 4.85. The van der Waals surface area contributed by atoms with Crippen LogP contribution in [0.15, 0.2) is 18.0 Å². The SMILES string of the molecule is C=CCNC(=O)c1csc2c1CCC(C)C2. The Morgan fingerprint density at radius 2 is 2.56 bits per heavy atom. The van der Waals surface area contributed by atoms with Crippen LogP contribution in [-0.2, 0) is 12.8 Å². The van der Waals surface area contributed by atoms with E-state index in [4.69, 9.17) is 0 Å². The zero-order valence-electron chi connectivity index (χ0n) is 9.58. The highest BCUT2D eigenvalue weighted by molar-refractivity contribution is 7.10. The lowest BCUT2D eigenvalue weighted by atomic mass is 9.88. The summed E-state index contributed by atoms with van der Waals surface area (Å²) in [6.45, 7) is 6.42. The van der Waals surface area contributed by atoms with Gasteiger partial charge in [-0.25, -0.2) is 0 Å². The molecule has 1 unspecified atom stereocenters. The molecular weight excluding hydrogens is 218 g/mol. The van der Waals surface area contributed by atoms with E-state index in [2.05, 4.69) is 18.8 Å². The van der Waals surface area contributed by atoms with Crippen LogP contribution in [0.4, 0.5) is 0 Å². The third kappa shape index (κ3) is 2.19. The lowest BCUT2D eigenvalue weighted by Gasteiger charge is -2.18. The van der Waals surface area contributed by atoms with Gasteiger partial charge in [-0.1, -0.05) is 13.0 Å². The minimum atomic E-state index is 0.0481. The third-order valence-corrected chi connectivity index (χ3v) is 4.10. The van der Waals surface area contributed by atoms with Crippen LogP contribution in [0.25, 0.3) is 0 Å². The van der Waals surface area contributed by atoms with Crippen molar-refractivity contribution in [1.29, 1.82) is 0 Å². The van der Waals surface area contributed by atoms with Gasteiger partial charge < -0.3 is 5.32 Å². The summed E-state index contributed by atoms with van der Waals surface area (Å²) in [7, 11) is 0. The molecule has 0 fully saturated rings. The second-order valence-electron chi connectivity index (χ2n) is 4.40. The molecule has 0 saturated carbocycles. The summed E-state index contributed by atoms with van der Waals surface area (Å²) in [5.74, 6) is 0.808. The van der Waals surface area contributed by atoms with Gasteiger partial charge in [0.1, 0.15) is 0 Å². The number of thiophene rings is 1. The number of hydrogen-bond donors (Lipinski definition) is 1. The first-order valence-corrected chi connectivity index (χ1v) is 6.58. The van der Waals surface area contributed by atoms with Crippen molar-refractivity contribution in [2.75, 3.05) is 6.54 Å². The number of fused-ring (bicyclic) bond motifs is 1. The molecular formula is C13H17NOS. The van der Waals surface area contributed by atoms with Crippen LogP contribution in [0.5, 0.6) is 0 Å². The first-order chi connectivity index (χ1) is 7.72. The molecule has 0 aromatic carbocycles. The second-order valence-corrected chi connectivity index (χ2v) is 5.36. The van der Waals surface area contributed by atoms with E-state index in [1.807, 2.05) is 5.38 Å². The number of hydrogen-bond acceptors (Lipinski definition) is 2. The van der Waals surface area contributed by atoms with Crippen LogP contribution >= 0.6 is 11.3 Å². The number of rotatable bonds is 3. The van der Waals surface area contributed by atoms with Gasteiger partial charge in [0.2, 0.25) is 0 Å². The zero-order chi connectivity index (χ0) is 11.5. The highest BCUT2D eigenvalue weighted by Gasteiger charge is 2.22. The molecule has 86 valence electrons. The molecule has 1 aliphatic carbocycles. The van der Waals surface area contributed by atoms with Crippen molar-refractivity contribution in [3.8, 4) is 0 Å². The predicted molar refractivity (Wildman–Crippen MR) is 68.0 cm³/mol. The second kappa shape index (κ2) is 4.83. The van der Waals surface area contributed by atoms with Gasteiger partial charge in [0, 0.05) is 16.8 Å². The Labute approximate surface area is 100 Å². The molecule has 1 aliphatic rings. The molecule has 0 bridgehead atoms. The minimum Gasteiger partial charge on any atom is -0.349 e. The van der Waals surface area contributed by atoms with Crippen molar-refractivity contribution in [3.63, 3.8) is 0 Å². The Balaban J connectivity index is 2.17. The maximum atomic E-state index is 11.9. The van der Waals surface area contributed by atoms with E-state index in [1.165, 1.54) is 16.9 Å². The summed E-state index contributed by atoms with van der Waals surface area (Å²) in [4.78, 5) is 13.3. The molecule has 0 spiro atoms. The van der Waals surface area contributed by atoms with Gasteiger partial charge in [0.05, 0.1) is 5.56 Å². The van der Waals surface area contributed by atoms with Crippen molar-refractivity contribution in [3.05, 3.63) is 34.0 Å². The number of amides is 1. The molecule has 1 amide bonds. The monoisotopic (exact) mass is 235 g/mol. The number of carbonyl (C=O) groups is 1. The van der Waals surface area contributed by atoms with E-state index < -0.39 is 0 Å². The fourth-order valence-corrected chi connectivity index (χ4v) is 3.37. The Kier molecular flexibility index (Phi) is 3.44. The van der Waals surface area contributed by atoms with Crippen molar-refractivity contribution < 1.29 is 4.79 Å². The Morgan fingerprint density at radius 3 is 3.31 bits per heavy atom. The maximum absolute atomic E-state index is 11.9. The van der Waals surface area contributed by atoms with Crippen molar-refractivity contribution in [2.24, 2.45) is 5.92 Å². The normalized spacial score (nSPS) is 18.9. The highest BCUT2D eigenvalue weighted by atomic mass is 32.1. The Bertz CT molecular complexity index is 408. The van der Waals surface area contributed by atoms with E-state index in [0.29, 0.717) is 6.54 Å². The fraction of sp³-hybridized carbons (Fsp3) is 0.462. The summed E-state index contributed by atoms with van der Waals surface area (Å²) in [6, 6.07) is 0. The van der Waals surface area contributed by atoms with Crippen LogP contribution in [0.1, 0.15) is 34.1 Å². The number of carbonyl (C=O) groups excluding carboxylic acids is 1. The molecule has 16 heavy (non-hydrogen) atoms. The van der Waals surface area contributed by atoms with Crippen LogP contribution < -0.4 is 5.32 Å². The summed E-state index contributed by atoms with van der Waals surface area (Å²) in [6.07, 6.45) is 5.09. The van der Waals surface area contributed by atoms with E-state index in [-0.39, 0.29) is 5.91 Å². The molecule has 2 nitrogen and oxygen atoms in total. The molecule has 0 aliphatic heterocycles. The average molecular weight is 235 g/mol. The molecule has 3 heteroatoms. The molecule has 1 atom stereocenters. The lowest BCUT2D eigenvalue weighted by molar-refractivity contribution is 0.0957. The third-order valence-electron chi connectivity index (χ3n) is 3.05. The first kappa shape index (κ1) is 11.4. The fourth-order valence-electron chi connectivity index (χ4n) is 2.13. The molecule has 0 radical (unpaired) electrons. The van der Waals surface area contributed by atoms with Crippen molar-refractivity contribution in [2.45, 2.75) is 26.2 Å². The minimum absolute atomic E-state index is 0.0481. The largest absolute Gasteiger partial charge is 0.349 e. The van der Waals surface area contributed by atoms with Gasteiger partial charge in [-0.2, -0.15) is 0 Å². The van der Waals surface area contributed by atoms with Gasteiger partial charge in [-0.05, 0) is 30.7 Å². The Hall–Kier alpha value is -1.09. The van der Waals surface area contributed by atoms with Crippen molar-refractivity contribution in [1.82, 2.24) is 5.32 Å². The van der Waals surface area contributed by atoms with Gasteiger partial charge >= 0.3 is 0 Å². The van der Waals surface area contributed by atoms with Gasteiger partial charge in [0.25, 0.3) is 5.91 Å². The first-order valence-electron chi connectivity index (χ1n) is 5.70. The van der Waals surface area contributed by atoms with Gasteiger partial charge in [-0.3, -0.25) is 4.79 Å². The van der Waals surface area contributed by atoms with E-state index >= 15 is 0 Å². The Morgan fingerprint density at radius 1 is 1.75 bits per heavy atom. The number of nitrogens with one attached hydrogen (secondary N) is 1. The van der Waals surface area contributed by atoms with Crippen LogP contribution in [-0.4, -0.2) is 12.5 Å². The van der Waals surface area contributed by atoms with Crippen molar-refractivity contribution >= 4 is 17.2 Å². The van der Waals surface area contributed by atoms with Crippen LogP contribution in [0.2, 0.25) is 0 Å². The van der Waals surface area contributed by atoms with Gasteiger partial charge in [-0.15, -0.1) is 17.9 Å². The van der Waals surface area contributed by atoms with E-state index in [0.717, 1.165) is 24.3 Å². The topological polar surface area (TPSA) is 29.1 Å². The molecule has 1 N–H and O–H groups in total. The molecule has 0 saturated heterocycles. The molecule has 1 aromatic rings. The molecule has 1 heterocycles.